The van der Waals surface area contributed by atoms with Gasteiger partial charge in [0.05, 0.1) is 16.9 Å². The van der Waals surface area contributed by atoms with E-state index >= 15 is 0 Å². The predicted octanol–water partition coefficient (Wildman–Crippen LogP) is 2.86. The van der Waals surface area contributed by atoms with Gasteiger partial charge in [-0.25, -0.2) is 9.97 Å². The lowest BCUT2D eigenvalue weighted by molar-refractivity contribution is -0.144. The van der Waals surface area contributed by atoms with Crippen molar-refractivity contribution in [2.75, 3.05) is 18.7 Å². The highest BCUT2D eigenvalue weighted by atomic mass is 32.2. The Labute approximate surface area is 207 Å². The number of hydrogen-bond acceptors (Lipinski definition) is 8. The minimum atomic E-state index is -1.53. The van der Waals surface area contributed by atoms with Gasteiger partial charge in [0.15, 0.2) is 5.82 Å². The summed E-state index contributed by atoms with van der Waals surface area (Å²) >= 11 is 1.31. The number of amides is 1. The number of aryl methyl sites for hydroxylation is 2. The lowest BCUT2D eigenvalue weighted by atomic mass is 10.2. The summed E-state index contributed by atoms with van der Waals surface area (Å²) in [6, 6.07) is 2.66. The van der Waals surface area contributed by atoms with E-state index in [0.717, 1.165) is 36.6 Å². The average Bonchev–Trinajstić information content (AvgIpc) is 3.79. The molecule has 186 valence electrons. The molecule has 2 saturated carbocycles. The number of aliphatic hydroxyl groups is 1. The molecule has 11 heteroatoms. The summed E-state index contributed by atoms with van der Waals surface area (Å²) < 4.78 is 8.59. The van der Waals surface area contributed by atoms with E-state index in [9.17, 15) is 14.7 Å². The van der Waals surface area contributed by atoms with Crippen LogP contribution in [0.3, 0.4) is 0 Å². The van der Waals surface area contributed by atoms with Crippen LogP contribution in [0.1, 0.15) is 43.1 Å². The SMILES string of the molecule is CCn1c(C(=O)N(C2CC2)C2CC2)cc2c3c(ncn3C)c(N/C(=C/C(=O)C(O)OC)SC)nc21. The number of pyridine rings is 1. The van der Waals surface area contributed by atoms with Gasteiger partial charge >= 0.3 is 0 Å². The Bertz CT molecular complexity index is 1320. The van der Waals surface area contributed by atoms with E-state index < -0.39 is 12.1 Å². The fourth-order valence-corrected chi connectivity index (χ4v) is 4.98. The topological polar surface area (TPSA) is 115 Å². The first-order valence-electron chi connectivity index (χ1n) is 11.8. The Hall–Kier alpha value is -2.89. The number of rotatable bonds is 10. The average molecular weight is 499 g/mol. The number of aliphatic hydroxyl groups excluding tert-OH is 1. The van der Waals surface area contributed by atoms with Crippen LogP contribution >= 0.6 is 11.8 Å². The number of carbonyl (C=O) groups is 2. The molecule has 2 aliphatic rings. The van der Waals surface area contributed by atoms with Gasteiger partial charge < -0.3 is 29.2 Å². The van der Waals surface area contributed by atoms with Crippen LogP contribution in [-0.2, 0) is 23.1 Å². The fourth-order valence-electron chi connectivity index (χ4n) is 4.54. The van der Waals surface area contributed by atoms with Crippen molar-refractivity contribution in [1.82, 2.24) is 24.0 Å². The van der Waals surface area contributed by atoms with E-state index in [1.165, 1.54) is 24.9 Å². The van der Waals surface area contributed by atoms with Crippen molar-refractivity contribution < 1.29 is 19.4 Å². The number of fused-ring (bicyclic) bond motifs is 3. The number of nitrogens with zero attached hydrogens (tertiary/aromatic N) is 5. The number of anilines is 1. The molecule has 2 N–H and O–H groups in total. The molecule has 0 aromatic carbocycles. The molecular formula is C24H30N6O4S. The molecule has 2 aliphatic carbocycles. The lowest BCUT2D eigenvalue weighted by Crippen LogP contribution is -2.36. The normalized spacial score (nSPS) is 17.2. The van der Waals surface area contributed by atoms with Crippen molar-refractivity contribution in [3.63, 3.8) is 0 Å². The maximum absolute atomic E-state index is 13.7. The summed E-state index contributed by atoms with van der Waals surface area (Å²) in [5.74, 6) is -0.0299. The van der Waals surface area contributed by atoms with Gasteiger partial charge in [0.25, 0.3) is 5.91 Å². The van der Waals surface area contributed by atoms with E-state index in [0.29, 0.717) is 46.3 Å². The molecule has 0 saturated heterocycles. The van der Waals surface area contributed by atoms with Gasteiger partial charge in [-0.3, -0.25) is 9.59 Å². The van der Waals surface area contributed by atoms with E-state index in [2.05, 4.69) is 15.2 Å². The highest BCUT2D eigenvalue weighted by molar-refractivity contribution is 8.02. The Morgan fingerprint density at radius 2 is 2.03 bits per heavy atom. The zero-order valence-corrected chi connectivity index (χ0v) is 21.1. The monoisotopic (exact) mass is 498 g/mol. The number of aromatic nitrogens is 4. The highest BCUT2D eigenvalue weighted by Gasteiger charge is 2.43. The maximum Gasteiger partial charge on any atom is 0.271 e. The van der Waals surface area contributed by atoms with Crippen molar-refractivity contribution >= 4 is 51.3 Å². The van der Waals surface area contributed by atoms with Crippen LogP contribution in [0.5, 0.6) is 0 Å². The molecule has 1 unspecified atom stereocenters. The van der Waals surface area contributed by atoms with Crippen molar-refractivity contribution in [3.8, 4) is 0 Å². The third-order valence-corrected chi connectivity index (χ3v) is 7.21. The first-order chi connectivity index (χ1) is 16.9. The number of hydrogen-bond donors (Lipinski definition) is 2. The van der Waals surface area contributed by atoms with Gasteiger partial charge in [-0.1, -0.05) is 0 Å². The predicted molar refractivity (Wildman–Crippen MR) is 135 cm³/mol. The van der Waals surface area contributed by atoms with Crippen LogP contribution in [0.2, 0.25) is 0 Å². The lowest BCUT2D eigenvalue weighted by Gasteiger charge is -2.22. The summed E-state index contributed by atoms with van der Waals surface area (Å²) in [4.78, 5) is 37.4. The maximum atomic E-state index is 13.7. The smallest absolute Gasteiger partial charge is 0.271 e. The molecule has 0 aliphatic heterocycles. The van der Waals surface area contributed by atoms with Crippen molar-refractivity contribution in [3.05, 3.63) is 29.2 Å². The molecular weight excluding hydrogens is 468 g/mol. The number of imidazole rings is 1. The van der Waals surface area contributed by atoms with Crippen molar-refractivity contribution in [1.29, 1.82) is 0 Å². The Morgan fingerprint density at radius 3 is 2.60 bits per heavy atom. The third-order valence-electron chi connectivity index (χ3n) is 6.55. The summed E-state index contributed by atoms with van der Waals surface area (Å²) in [6.07, 6.45) is 7.59. The van der Waals surface area contributed by atoms with Crippen LogP contribution in [0.25, 0.3) is 22.1 Å². The van der Waals surface area contributed by atoms with Gasteiger partial charge in [-0.15, -0.1) is 11.8 Å². The first kappa shape index (κ1) is 23.8. The minimum absolute atomic E-state index is 0.0727. The molecule has 10 nitrogen and oxygen atoms in total. The second-order valence-electron chi connectivity index (χ2n) is 9.03. The van der Waals surface area contributed by atoms with Crippen LogP contribution in [-0.4, -0.2) is 72.5 Å². The van der Waals surface area contributed by atoms with E-state index in [-0.39, 0.29) is 5.91 Å². The molecule has 0 radical (unpaired) electrons. The second kappa shape index (κ2) is 9.29. The molecule has 5 rings (SSSR count). The van der Waals surface area contributed by atoms with E-state index in [1.807, 2.05) is 35.4 Å². The van der Waals surface area contributed by atoms with E-state index in [1.54, 1.807) is 6.33 Å². The number of ketones is 1. The number of ether oxygens (including phenoxy) is 1. The van der Waals surface area contributed by atoms with Gasteiger partial charge in [0, 0.05) is 44.2 Å². The van der Waals surface area contributed by atoms with E-state index in [4.69, 9.17) is 9.72 Å². The van der Waals surface area contributed by atoms with Gasteiger partial charge in [0.2, 0.25) is 12.1 Å². The first-order valence-corrected chi connectivity index (χ1v) is 13.0. The molecule has 0 spiro atoms. The Balaban J connectivity index is 1.62. The van der Waals surface area contributed by atoms with Crippen molar-refractivity contribution in [2.45, 2.75) is 57.5 Å². The summed E-state index contributed by atoms with van der Waals surface area (Å²) in [6.45, 7) is 2.60. The van der Waals surface area contributed by atoms with Crippen LogP contribution in [0, 0.1) is 0 Å². The largest absolute Gasteiger partial charge is 0.362 e. The fraction of sp³-hybridized carbons (Fsp3) is 0.500. The van der Waals surface area contributed by atoms with Crippen LogP contribution in [0.15, 0.2) is 23.5 Å². The Kier molecular flexibility index (Phi) is 6.32. The molecule has 3 aromatic heterocycles. The van der Waals surface area contributed by atoms with Crippen LogP contribution < -0.4 is 5.32 Å². The second-order valence-corrected chi connectivity index (χ2v) is 9.88. The summed E-state index contributed by atoms with van der Waals surface area (Å²) in [7, 11) is 3.18. The number of thioether (sulfide) groups is 1. The zero-order chi connectivity index (χ0) is 24.9. The summed E-state index contributed by atoms with van der Waals surface area (Å²) in [5.41, 5.74) is 2.82. The molecule has 3 aromatic rings. The van der Waals surface area contributed by atoms with Crippen molar-refractivity contribution in [2.24, 2.45) is 7.05 Å². The highest BCUT2D eigenvalue weighted by Crippen LogP contribution is 2.39. The molecule has 1 amide bonds. The number of nitrogens with one attached hydrogen (secondary N) is 1. The summed E-state index contributed by atoms with van der Waals surface area (Å²) in [5, 5.41) is 14.2. The van der Waals surface area contributed by atoms with Crippen LogP contribution in [0.4, 0.5) is 5.82 Å². The van der Waals surface area contributed by atoms with Gasteiger partial charge in [-0.05, 0) is 44.9 Å². The molecule has 3 heterocycles. The quantitative estimate of drug-likeness (QED) is 0.324. The molecule has 35 heavy (non-hydrogen) atoms. The standard InChI is InChI=1S/C24H30N6O4S/c1-5-29-16(23(32)30(13-6-7-13)14-8-9-14)10-15-20-19(25-12-28(20)2)21(27-22(15)29)26-18(35-4)11-17(31)24(33)34-3/h10-14,24,33H,5-9H2,1-4H3,(H,26,27)/b18-11-. The number of methoxy groups -OCH3 is 1. The zero-order valence-electron chi connectivity index (χ0n) is 20.3. The number of carbonyl (C=O) groups excluding carboxylic acids is 2. The molecule has 2 fully saturated rings. The minimum Gasteiger partial charge on any atom is -0.362 e. The Morgan fingerprint density at radius 1 is 1.34 bits per heavy atom. The van der Waals surface area contributed by atoms with Gasteiger partial charge in [-0.2, -0.15) is 0 Å². The molecule has 0 bridgehead atoms. The van der Waals surface area contributed by atoms with Gasteiger partial charge in [0.1, 0.15) is 16.9 Å². The molecule has 1 atom stereocenters. The third kappa shape index (κ3) is 4.32.